The summed E-state index contributed by atoms with van der Waals surface area (Å²) in [6, 6.07) is -1.05. The van der Waals surface area contributed by atoms with Crippen LogP contribution in [0.15, 0.2) is 24.3 Å². The van der Waals surface area contributed by atoms with Crippen molar-refractivity contribution in [2.45, 2.75) is 187 Å². The minimum Gasteiger partial charge on any atom is -0.387 e. The Morgan fingerprint density at radius 1 is 0.619 bits per heavy atom. The van der Waals surface area contributed by atoms with Gasteiger partial charge in [-0.3, -0.25) is 9.35 Å². The first-order valence-electron chi connectivity index (χ1n) is 17.5. The zero-order chi connectivity index (χ0) is 31.2. The van der Waals surface area contributed by atoms with Crippen LogP contribution in [0.25, 0.3) is 0 Å². The molecule has 248 valence electrons. The monoisotopic (exact) mass is 613 g/mol. The van der Waals surface area contributed by atoms with Gasteiger partial charge in [0, 0.05) is 6.42 Å². The standard InChI is InChI=1S/C35H67NO5S/c1-3-5-7-9-11-13-14-15-16-17-18-19-20-21-22-23-25-27-29-31-35(38)36-33(32-42(39,40)41)34(37)30-28-26-24-12-10-8-6-4-2/h15-16,28,30,33-34,37H,3-14,17-27,29,31-32H2,1-2H3,(H,36,38)(H,39,40,41)/b16-15-,30-28+. The lowest BCUT2D eigenvalue weighted by molar-refractivity contribution is -0.122. The minimum absolute atomic E-state index is 0.284. The number of aliphatic hydroxyl groups excluding tert-OH is 1. The van der Waals surface area contributed by atoms with E-state index in [2.05, 4.69) is 31.3 Å². The van der Waals surface area contributed by atoms with Crippen LogP contribution >= 0.6 is 0 Å². The number of unbranched alkanes of at least 4 members (excludes halogenated alkanes) is 21. The number of carbonyl (C=O) groups excluding carboxylic acids is 1. The molecule has 1 amide bonds. The molecule has 2 atom stereocenters. The molecule has 0 saturated heterocycles. The zero-order valence-corrected chi connectivity index (χ0v) is 28.2. The summed E-state index contributed by atoms with van der Waals surface area (Å²) < 4.78 is 32.2. The molecule has 0 saturated carbocycles. The number of hydrogen-bond acceptors (Lipinski definition) is 4. The molecule has 0 aromatic rings. The molecule has 3 N–H and O–H groups in total. The molecule has 0 bridgehead atoms. The topological polar surface area (TPSA) is 104 Å². The van der Waals surface area contributed by atoms with Crippen molar-refractivity contribution in [1.82, 2.24) is 5.32 Å². The number of amides is 1. The predicted octanol–water partition coefficient (Wildman–Crippen LogP) is 9.62. The third-order valence-electron chi connectivity index (χ3n) is 7.87. The number of allylic oxidation sites excluding steroid dienone is 3. The Balaban J connectivity index is 3.88. The molecule has 0 aliphatic rings. The Bertz CT molecular complexity index is 765. The van der Waals surface area contributed by atoms with Gasteiger partial charge in [-0.1, -0.05) is 147 Å². The van der Waals surface area contributed by atoms with Gasteiger partial charge in [0.2, 0.25) is 5.91 Å². The fourth-order valence-electron chi connectivity index (χ4n) is 5.21. The molecule has 0 aliphatic carbocycles. The molecule has 42 heavy (non-hydrogen) atoms. The maximum atomic E-state index is 12.4. The van der Waals surface area contributed by atoms with Crippen molar-refractivity contribution < 1.29 is 22.9 Å². The van der Waals surface area contributed by atoms with Crippen LogP contribution in [-0.2, 0) is 14.9 Å². The van der Waals surface area contributed by atoms with Crippen molar-refractivity contribution in [3.8, 4) is 0 Å². The summed E-state index contributed by atoms with van der Waals surface area (Å²) in [6.07, 6.45) is 36.0. The summed E-state index contributed by atoms with van der Waals surface area (Å²) in [5.74, 6) is -0.982. The highest BCUT2D eigenvalue weighted by molar-refractivity contribution is 7.85. The smallest absolute Gasteiger partial charge is 0.267 e. The number of hydrogen-bond donors (Lipinski definition) is 3. The fraction of sp³-hybridized carbons (Fsp3) is 0.857. The van der Waals surface area contributed by atoms with Crippen molar-refractivity contribution in [1.29, 1.82) is 0 Å². The lowest BCUT2D eigenvalue weighted by atomic mass is 10.0. The highest BCUT2D eigenvalue weighted by Gasteiger charge is 2.24. The first-order valence-corrected chi connectivity index (χ1v) is 19.1. The van der Waals surface area contributed by atoms with Gasteiger partial charge in [0.1, 0.15) is 0 Å². The maximum absolute atomic E-state index is 12.4. The number of carbonyl (C=O) groups is 1. The summed E-state index contributed by atoms with van der Waals surface area (Å²) in [7, 11) is -4.33. The van der Waals surface area contributed by atoms with Crippen LogP contribution in [-0.4, -0.2) is 41.9 Å². The molecular formula is C35H67NO5S. The van der Waals surface area contributed by atoms with Gasteiger partial charge in [-0.2, -0.15) is 8.42 Å². The first-order chi connectivity index (χ1) is 20.3. The third-order valence-corrected chi connectivity index (χ3v) is 8.65. The van der Waals surface area contributed by atoms with Crippen LogP contribution in [0.1, 0.15) is 174 Å². The van der Waals surface area contributed by atoms with Gasteiger partial charge in [-0.25, -0.2) is 0 Å². The van der Waals surface area contributed by atoms with Crippen LogP contribution in [0.3, 0.4) is 0 Å². The Kier molecular flexibility index (Phi) is 29.0. The Morgan fingerprint density at radius 3 is 1.43 bits per heavy atom. The Hall–Kier alpha value is -1.18. The average Bonchev–Trinajstić information content (AvgIpc) is 2.94. The lowest BCUT2D eigenvalue weighted by Crippen LogP contribution is -2.46. The van der Waals surface area contributed by atoms with E-state index in [1.165, 1.54) is 122 Å². The average molecular weight is 614 g/mol. The Morgan fingerprint density at radius 2 is 1.00 bits per heavy atom. The summed E-state index contributed by atoms with van der Waals surface area (Å²) in [6.45, 7) is 4.45. The largest absolute Gasteiger partial charge is 0.387 e. The molecule has 0 aromatic heterocycles. The number of aliphatic hydroxyl groups is 1. The number of rotatable bonds is 31. The van der Waals surface area contributed by atoms with Crippen LogP contribution in [0.5, 0.6) is 0 Å². The lowest BCUT2D eigenvalue weighted by Gasteiger charge is -2.21. The molecule has 7 heteroatoms. The van der Waals surface area contributed by atoms with Crippen molar-refractivity contribution >= 4 is 16.0 Å². The fourth-order valence-corrected chi connectivity index (χ4v) is 5.94. The highest BCUT2D eigenvalue weighted by Crippen LogP contribution is 2.13. The number of nitrogens with one attached hydrogen (secondary N) is 1. The summed E-state index contributed by atoms with van der Waals surface area (Å²) >= 11 is 0. The van der Waals surface area contributed by atoms with Gasteiger partial charge in [0.05, 0.1) is 17.9 Å². The quantitative estimate of drug-likeness (QED) is 0.0410. The molecule has 0 heterocycles. The highest BCUT2D eigenvalue weighted by atomic mass is 32.2. The van der Waals surface area contributed by atoms with Crippen LogP contribution < -0.4 is 5.32 Å². The van der Waals surface area contributed by atoms with Crippen LogP contribution in [0.4, 0.5) is 0 Å². The summed E-state index contributed by atoms with van der Waals surface area (Å²) in [5, 5.41) is 13.1. The van der Waals surface area contributed by atoms with Crippen molar-refractivity contribution in [2.24, 2.45) is 0 Å². The molecule has 0 spiro atoms. The summed E-state index contributed by atoms with van der Waals surface area (Å²) in [4.78, 5) is 12.4. The molecule has 0 fully saturated rings. The van der Waals surface area contributed by atoms with E-state index in [1.807, 2.05) is 6.08 Å². The SMILES string of the molecule is CCCCCCCC/C=C\CCCCCCCCCCCC(=O)NC(CS(=O)(=O)O)C(O)/C=C/CCCCCCCC. The van der Waals surface area contributed by atoms with Gasteiger partial charge in [0.15, 0.2) is 0 Å². The van der Waals surface area contributed by atoms with Gasteiger partial charge >= 0.3 is 0 Å². The molecule has 6 nitrogen and oxygen atoms in total. The third kappa shape index (κ3) is 30.3. The molecule has 0 radical (unpaired) electrons. The second-order valence-electron chi connectivity index (χ2n) is 12.1. The molecule has 2 unspecified atom stereocenters. The van der Waals surface area contributed by atoms with E-state index < -0.39 is 28.0 Å². The molecule has 0 rings (SSSR count). The zero-order valence-electron chi connectivity index (χ0n) is 27.4. The van der Waals surface area contributed by atoms with E-state index in [0.717, 1.165) is 38.5 Å². The minimum atomic E-state index is -4.33. The van der Waals surface area contributed by atoms with Crippen LogP contribution in [0, 0.1) is 0 Å². The van der Waals surface area contributed by atoms with Gasteiger partial charge in [-0.15, -0.1) is 0 Å². The van der Waals surface area contributed by atoms with Gasteiger partial charge in [-0.05, 0) is 44.9 Å². The molecule has 0 aliphatic heterocycles. The normalized spacial score (nSPS) is 13.7. The molecular weight excluding hydrogens is 546 g/mol. The first kappa shape index (κ1) is 40.8. The van der Waals surface area contributed by atoms with Crippen molar-refractivity contribution in [3.63, 3.8) is 0 Å². The predicted molar refractivity (Wildman–Crippen MR) is 179 cm³/mol. The van der Waals surface area contributed by atoms with E-state index in [9.17, 15) is 22.9 Å². The van der Waals surface area contributed by atoms with Gasteiger partial charge < -0.3 is 10.4 Å². The van der Waals surface area contributed by atoms with E-state index in [0.29, 0.717) is 6.42 Å². The Labute approximate surface area is 260 Å². The summed E-state index contributed by atoms with van der Waals surface area (Å²) in [5.41, 5.74) is 0. The van der Waals surface area contributed by atoms with E-state index in [4.69, 9.17) is 0 Å². The molecule has 0 aromatic carbocycles. The van der Waals surface area contributed by atoms with Gasteiger partial charge in [0.25, 0.3) is 10.1 Å². The van der Waals surface area contributed by atoms with Crippen LogP contribution in [0.2, 0.25) is 0 Å². The van der Waals surface area contributed by atoms with Crippen molar-refractivity contribution in [3.05, 3.63) is 24.3 Å². The maximum Gasteiger partial charge on any atom is 0.267 e. The van der Waals surface area contributed by atoms with E-state index >= 15 is 0 Å². The van der Waals surface area contributed by atoms with E-state index in [-0.39, 0.29) is 5.91 Å². The second kappa shape index (κ2) is 29.9. The van der Waals surface area contributed by atoms with Crippen molar-refractivity contribution in [2.75, 3.05) is 5.75 Å². The van der Waals surface area contributed by atoms with E-state index in [1.54, 1.807) is 0 Å². The second-order valence-corrected chi connectivity index (χ2v) is 13.6.